The summed E-state index contributed by atoms with van der Waals surface area (Å²) in [4.78, 5) is 0. The zero-order valence-corrected chi connectivity index (χ0v) is 26.3. The fourth-order valence-electron chi connectivity index (χ4n) is 4.93. The zero-order chi connectivity index (χ0) is 25.3. The second kappa shape index (κ2) is 25.8. The Morgan fingerprint density at radius 1 is 0.611 bits per heavy atom. The molecule has 0 heterocycles. The van der Waals surface area contributed by atoms with Crippen LogP contribution in [0.25, 0.3) is 0 Å². The molecule has 0 aliphatic carbocycles. The van der Waals surface area contributed by atoms with E-state index < -0.39 is 0 Å². The predicted octanol–water partition coefficient (Wildman–Crippen LogP) is 7.59. The maximum absolute atomic E-state index is 2.43. The van der Waals surface area contributed by atoms with Crippen LogP contribution in [-0.2, 0) is 6.54 Å². The van der Waals surface area contributed by atoms with Crippen molar-refractivity contribution < 1.29 is 28.5 Å². The van der Waals surface area contributed by atoms with Gasteiger partial charge < -0.3 is 28.5 Å². The van der Waals surface area contributed by atoms with Crippen molar-refractivity contribution in [3.8, 4) is 0 Å². The highest BCUT2D eigenvalue weighted by Gasteiger charge is 2.20. The maximum Gasteiger partial charge on any atom is 0.104 e. The van der Waals surface area contributed by atoms with Gasteiger partial charge in [0.15, 0.2) is 0 Å². The van der Waals surface area contributed by atoms with E-state index in [4.69, 9.17) is 0 Å². The third-order valence-corrected chi connectivity index (χ3v) is 7.17. The Hall–Kier alpha value is -0.870. The van der Waals surface area contributed by atoms with Crippen LogP contribution in [0.5, 0.6) is 0 Å². The highest BCUT2D eigenvalue weighted by atomic mass is 127. The monoisotopic (exact) mass is 607 g/mol. The quantitative estimate of drug-likeness (QED) is 0.0521. The second-order valence-electron chi connectivity index (χ2n) is 10.8. The van der Waals surface area contributed by atoms with Crippen LogP contribution in [0.15, 0.2) is 66.8 Å². The van der Waals surface area contributed by atoms with Crippen molar-refractivity contribution >= 4 is 0 Å². The fourth-order valence-corrected chi connectivity index (χ4v) is 4.93. The van der Waals surface area contributed by atoms with Gasteiger partial charge in [-0.15, -0.1) is 0 Å². The molecule has 1 rings (SSSR count). The van der Waals surface area contributed by atoms with E-state index in [0.717, 1.165) is 17.6 Å². The first-order valence-corrected chi connectivity index (χ1v) is 15.0. The van der Waals surface area contributed by atoms with Gasteiger partial charge >= 0.3 is 0 Å². The summed E-state index contributed by atoms with van der Waals surface area (Å²) >= 11 is 0. The van der Waals surface area contributed by atoms with Crippen LogP contribution in [0.4, 0.5) is 0 Å². The number of hydrogen-bond acceptors (Lipinski definition) is 0. The minimum atomic E-state index is 0. The molecule has 1 atom stereocenters. The van der Waals surface area contributed by atoms with Crippen LogP contribution in [0.3, 0.4) is 0 Å². The first-order valence-electron chi connectivity index (χ1n) is 15.0. The molecule has 0 N–H and O–H groups in total. The largest absolute Gasteiger partial charge is 1.00 e. The summed E-state index contributed by atoms with van der Waals surface area (Å²) in [5, 5.41) is 0. The van der Waals surface area contributed by atoms with Crippen LogP contribution >= 0.6 is 0 Å². The van der Waals surface area contributed by atoms with Gasteiger partial charge in [-0.3, -0.25) is 0 Å². The standard InChI is InChI=1S/C34H58N.HI/c1-4-6-8-10-12-13-14-15-16-17-18-19-20-21-23-28-32-35(3,31-27-22-11-9-7-5-2)33-34-29-25-24-26-30-34;/h5,7,9,11,22,24-27,29-30H,4,6,8,10,12-21,23,28,31-33H2,1-3H3;1H/q+1;/p-1/b7-5+,11-9+,27-22+;. The van der Waals surface area contributed by atoms with Crippen molar-refractivity contribution in [2.75, 3.05) is 20.1 Å². The lowest BCUT2D eigenvalue weighted by Gasteiger charge is -2.34. The molecular weight excluding hydrogens is 549 g/mol. The number of unbranched alkanes of at least 4 members (excludes halogenated alkanes) is 15. The molecule has 0 aliphatic heterocycles. The Morgan fingerprint density at radius 2 is 1.08 bits per heavy atom. The topological polar surface area (TPSA) is 0 Å². The molecule has 0 spiro atoms. The molecule has 0 aromatic heterocycles. The average molecular weight is 608 g/mol. The van der Waals surface area contributed by atoms with Crippen LogP contribution in [-0.4, -0.2) is 24.6 Å². The molecule has 0 aliphatic rings. The van der Waals surface area contributed by atoms with Gasteiger partial charge in [0.1, 0.15) is 6.54 Å². The summed E-state index contributed by atoms with van der Waals surface area (Å²) in [6, 6.07) is 11.0. The molecule has 1 unspecified atom stereocenters. The molecule has 0 saturated heterocycles. The fraction of sp³-hybridized carbons (Fsp3) is 0.647. The van der Waals surface area contributed by atoms with E-state index in [0.29, 0.717) is 0 Å². The van der Waals surface area contributed by atoms with E-state index in [1.807, 2.05) is 0 Å². The molecule has 0 saturated carbocycles. The maximum atomic E-state index is 2.43. The minimum absolute atomic E-state index is 0. The third kappa shape index (κ3) is 21.2. The van der Waals surface area contributed by atoms with Crippen molar-refractivity contribution in [1.29, 1.82) is 0 Å². The van der Waals surface area contributed by atoms with Gasteiger partial charge in [0, 0.05) is 5.56 Å². The van der Waals surface area contributed by atoms with E-state index in [-0.39, 0.29) is 24.0 Å². The van der Waals surface area contributed by atoms with Crippen LogP contribution in [0, 0.1) is 0 Å². The number of nitrogens with zero attached hydrogens (tertiary/aromatic N) is 1. The number of allylic oxidation sites excluding steroid dienone is 5. The molecule has 1 nitrogen and oxygen atoms in total. The predicted molar refractivity (Wildman–Crippen MR) is 159 cm³/mol. The van der Waals surface area contributed by atoms with E-state index in [1.54, 1.807) is 0 Å². The van der Waals surface area contributed by atoms with Gasteiger partial charge in [-0.05, 0) is 25.8 Å². The van der Waals surface area contributed by atoms with Gasteiger partial charge in [0.05, 0.1) is 20.1 Å². The summed E-state index contributed by atoms with van der Waals surface area (Å²) in [7, 11) is 2.43. The molecule has 0 fully saturated rings. The smallest absolute Gasteiger partial charge is 0.104 e. The highest BCUT2D eigenvalue weighted by molar-refractivity contribution is 5.14. The Balaban J connectivity index is 0.0000122. The molecule has 0 amide bonds. The Kier molecular flexibility index (Phi) is 25.1. The SMILES string of the molecule is C/C=C/C=C/C=C/C[N+](C)(CCCCCCCCCCCCCCCCCC)Cc1ccccc1.[I-]. The molecule has 2 heteroatoms. The van der Waals surface area contributed by atoms with Gasteiger partial charge in [-0.25, -0.2) is 0 Å². The van der Waals surface area contributed by atoms with Gasteiger partial charge in [0.2, 0.25) is 0 Å². The number of quaternary nitrogens is 1. The zero-order valence-electron chi connectivity index (χ0n) is 24.1. The summed E-state index contributed by atoms with van der Waals surface area (Å²) < 4.78 is 1.09. The normalized spacial score (nSPS) is 13.5. The second-order valence-corrected chi connectivity index (χ2v) is 10.8. The Bertz CT molecular complexity index is 663. The molecule has 0 bridgehead atoms. The lowest BCUT2D eigenvalue weighted by Crippen LogP contribution is -3.00. The van der Waals surface area contributed by atoms with Crippen LogP contribution in [0.2, 0.25) is 0 Å². The molecule has 36 heavy (non-hydrogen) atoms. The number of rotatable bonds is 23. The Morgan fingerprint density at radius 3 is 1.58 bits per heavy atom. The number of benzene rings is 1. The molecule has 1 aromatic rings. The Labute approximate surface area is 243 Å². The highest BCUT2D eigenvalue weighted by Crippen LogP contribution is 2.17. The molecular formula is C34H58IN. The van der Waals surface area contributed by atoms with Gasteiger partial charge in [0.25, 0.3) is 0 Å². The van der Waals surface area contributed by atoms with E-state index in [9.17, 15) is 0 Å². The summed E-state index contributed by atoms with van der Waals surface area (Å²) in [6.07, 6.45) is 35.9. The third-order valence-electron chi connectivity index (χ3n) is 7.17. The van der Waals surface area contributed by atoms with Gasteiger partial charge in [-0.1, -0.05) is 158 Å². The van der Waals surface area contributed by atoms with Gasteiger partial charge in [-0.2, -0.15) is 0 Å². The minimum Gasteiger partial charge on any atom is -1.00 e. The molecule has 206 valence electrons. The lowest BCUT2D eigenvalue weighted by atomic mass is 10.0. The number of halogens is 1. The van der Waals surface area contributed by atoms with Crippen molar-refractivity contribution in [2.45, 2.75) is 123 Å². The summed E-state index contributed by atoms with van der Waals surface area (Å²) in [6.45, 7) is 7.82. The van der Waals surface area contributed by atoms with E-state index >= 15 is 0 Å². The van der Waals surface area contributed by atoms with Crippen molar-refractivity contribution in [2.24, 2.45) is 0 Å². The van der Waals surface area contributed by atoms with Crippen molar-refractivity contribution in [3.05, 3.63) is 72.4 Å². The van der Waals surface area contributed by atoms with Crippen LogP contribution < -0.4 is 24.0 Å². The van der Waals surface area contributed by atoms with Crippen molar-refractivity contribution in [3.63, 3.8) is 0 Å². The average Bonchev–Trinajstić information content (AvgIpc) is 2.86. The number of hydrogen-bond donors (Lipinski definition) is 0. The van der Waals surface area contributed by atoms with E-state index in [2.05, 4.69) is 87.7 Å². The van der Waals surface area contributed by atoms with E-state index in [1.165, 1.54) is 115 Å². The molecule has 0 radical (unpaired) electrons. The first-order chi connectivity index (χ1) is 17.2. The lowest BCUT2D eigenvalue weighted by molar-refractivity contribution is -0.917. The van der Waals surface area contributed by atoms with Crippen LogP contribution in [0.1, 0.15) is 122 Å². The van der Waals surface area contributed by atoms with Crippen molar-refractivity contribution in [1.82, 2.24) is 0 Å². The molecule has 1 aromatic carbocycles. The summed E-state index contributed by atoms with van der Waals surface area (Å²) in [5.74, 6) is 0. The first kappa shape index (κ1) is 35.1. The number of likely N-dealkylation sites (N-methyl/N-ethyl adjacent to an activating group) is 1. The summed E-state index contributed by atoms with van der Waals surface area (Å²) in [5.41, 5.74) is 1.45.